The Morgan fingerprint density at radius 1 is 1.04 bits per heavy atom. The van der Waals surface area contributed by atoms with Crippen LogP contribution in [0.1, 0.15) is 5.56 Å². The lowest BCUT2D eigenvalue weighted by Crippen LogP contribution is -2.49. The summed E-state index contributed by atoms with van der Waals surface area (Å²) in [7, 11) is 0. The van der Waals surface area contributed by atoms with Gasteiger partial charge in [0.1, 0.15) is 5.75 Å². The van der Waals surface area contributed by atoms with Crippen LogP contribution in [0.5, 0.6) is 5.75 Å². The van der Waals surface area contributed by atoms with E-state index in [9.17, 15) is 9.90 Å². The molecule has 1 saturated heterocycles. The van der Waals surface area contributed by atoms with Crippen molar-refractivity contribution >= 4 is 17.3 Å². The number of carbonyl (C=O) groups is 1. The lowest BCUT2D eigenvalue weighted by Gasteiger charge is -2.36. The molecule has 1 fully saturated rings. The number of benzene rings is 2. The van der Waals surface area contributed by atoms with Gasteiger partial charge in [-0.05, 0) is 29.8 Å². The van der Waals surface area contributed by atoms with Crippen molar-refractivity contribution in [2.75, 3.05) is 36.8 Å². The topological polar surface area (TPSA) is 69.8 Å². The third kappa shape index (κ3) is 3.56. The molecule has 0 aliphatic carbocycles. The van der Waals surface area contributed by atoms with E-state index in [4.69, 9.17) is 5.73 Å². The molecule has 0 atom stereocenters. The number of nitrogen functional groups attached to an aromatic ring is 1. The van der Waals surface area contributed by atoms with E-state index >= 15 is 0 Å². The van der Waals surface area contributed by atoms with Crippen LogP contribution in [0.15, 0.2) is 48.5 Å². The monoisotopic (exact) mass is 311 g/mol. The van der Waals surface area contributed by atoms with Crippen molar-refractivity contribution < 1.29 is 9.90 Å². The van der Waals surface area contributed by atoms with Crippen molar-refractivity contribution in [3.8, 4) is 5.75 Å². The highest BCUT2D eigenvalue weighted by Crippen LogP contribution is 2.27. The van der Waals surface area contributed by atoms with Crippen LogP contribution in [-0.4, -0.2) is 42.1 Å². The van der Waals surface area contributed by atoms with E-state index in [1.807, 2.05) is 47.4 Å². The molecule has 2 aromatic carbocycles. The number of anilines is 2. The van der Waals surface area contributed by atoms with Gasteiger partial charge in [-0.2, -0.15) is 0 Å². The van der Waals surface area contributed by atoms with Crippen molar-refractivity contribution in [3.05, 3.63) is 54.1 Å². The van der Waals surface area contributed by atoms with Gasteiger partial charge in [-0.1, -0.05) is 24.3 Å². The van der Waals surface area contributed by atoms with E-state index in [1.165, 1.54) is 0 Å². The van der Waals surface area contributed by atoms with Gasteiger partial charge in [-0.25, -0.2) is 0 Å². The second-order valence-corrected chi connectivity index (χ2v) is 5.78. The summed E-state index contributed by atoms with van der Waals surface area (Å²) < 4.78 is 0. The third-order valence-electron chi connectivity index (χ3n) is 4.16. The van der Waals surface area contributed by atoms with Gasteiger partial charge in [0, 0.05) is 31.9 Å². The van der Waals surface area contributed by atoms with E-state index in [2.05, 4.69) is 4.90 Å². The number of nitrogens with zero attached hydrogens (tertiary/aromatic N) is 2. The standard InChI is InChI=1S/C18H21N3O2/c19-15-5-3-4-14(12-15)13-18(23)21-10-8-20(9-11-21)16-6-1-2-7-17(16)22/h1-7,12,22H,8-11,13,19H2. The minimum Gasteiger partial charge on any atom is -0.506 e. The third-order valence-corrected chi connectivity index (χ3v) is 4.16. The van der Waals surface area contributed by atoms with Crippen LogP contribution in [0.25, 0.3) is 0 Å². The van der Waals surface area contributed by atoms with E-state index < -0.39 is 0 Å². The number of hydrogen-bond acceptors (Lipinski definition) is 4. The van der Waals surface area contributed by atoms with Crippen molar-refractivity contribution in [2.45, 2.75) is 6.42 Å². The zero-order valence-corrected chi connectivity index (χ0v) is 13.0. The summed E-state index contributed by atoms with van der Waals surface area (Å²) >= 11 is 0. The predicted molar refractivity (Wildman–Crippen MR) is 91.5 cm³/mol. The van der Waals surface area contributed by atoms with Gasteiger partial charge in [-0.15, -0.1) is 0 Å². The number of rotatable bonds is 3. The Morgan fingerprint density at radius 3 is 2.48 bits per heavy atom. The van der Waals surface area contributed by atoms with Gasteiger partial charge in [0.05, 0.1) is 12.1 Å². The van der Waals surface area contributed by atoms with Crippen molar-refractivity contribution in [3.63, 3.8) is 0 Å². The van der Waals surface area contributed by atoms with Crippen LogP contribution in [0.2, 0.25) is 0 Å². The Morgan fingerprint density at radius 2 is 1.78 bits per heavy atom. The van der Waals surface area contributed by atoms with Crippen LogP contribution in [0, 0.1) is 0 Å². The Balaban J connectivity index is 1.58. The van der Waals surface area contributed by atoms with Crippen LogP contribution >= 0.6 is 0 Å². The molecule has 3 N–H and O–H groups in total. The lowest BCUT2D eigenvalue weighted by atomic mass is 10.1. The highest BCUT2D eigenvalue weighted by molar-refractivity contribution is 5.79. The first-order chi connectivity index (χ1) is 11.1. The molecule has 3 rings (SSSR count). The fourth-order valence-electron chi connectivity index (χ4n) is 2.92. The fourth-order valence-corrected chi connectivity index (χ4v) is 2.92. The molecular weight excluding hydrogens is 290 g/mol. The molecule has 0 saturated carbocycles. The number of phenolic OH excluding ortho intramolecular Hbond substituents is 1. The molecule has 1 aliphatic rings. The Bertz CT molecular complexity index is 694. The number of hydrogen-bond donors (Lipinski definition) is 2. The normalized spacial score (nSPS) is 14.8. The van der Waals surface area contributed by atoms with Crippen molar-refractivity contribution in [1.82, 2.24) is 4.90 Å². The predicted octanol–water partition coefficient (Wildman–Crippen LogP) is 1.87. The van der Waals surface area contributed by atoms with E-state index in [0.29, 0.717) is 25.2 Å². The minimum atomic E-state index is 0.118. The molecule has 23 heavy (non-hydrogen) atoms. The van der Waals surface area contributed by atoms with Crippen LogP contribution in [0.4, 0.5) is 11.4 Å². The van der Waals surface area contributed by atoms with Gasteiger partial charge in [0.25, 0.3) is 0 Å². The smallest absolute Gasteiger partial charge is 0.227 e. The molecule has 0 spiro atoms. The van der Waals surface area contributed by atoms with Crippen molar-refractivity contribution in [1.29, 1.82) is 0 Å². The molecular formula is C18H21N3O2. The first-order valence-electron chi connectivity index (χ1n) is 7.78. The van der Waals surface area contributed by atoms with E-state index in [1.54, 1.807) is 6.07 Å². The molecule has 120 valence electrons. The van der Waals surface area contributed by atoms with Crippen molar-refractivity contribution in [2.24, 2.45) is 0 Å². The summed E-state index contributed by atoms with van der Waals surface area (Å²) in [5.41, 5.74) is 8.21. The minimum absolute atomic E-state index is 0.118. The summed E-state index contributed by atoms with van der Waals surface area (Å²) in [5.74, 6) is 0.402. The highest BCUT2D eigenvalue weighted by Gasteiger charge is 2.22. The maximum atomic E-state index is 12.4. The maximum absolute atomic E-state index is 12.4. The molecule has 0 aromatic heterocycles. The molecule has 0 unspecified atom stereocenters. The van der Waals surface area contributed by atoms with Gasteiger partial charge in [0.15, 0.2) is 0 Å². The summed E-state index contributed by atoms with van der Waals surface area (Å²) in [6.07, 6.45) is 0.377. The molecule has 0 radical (unpaired) electrons. The van der Waals surface area contributed by atoms with E-state index in [-0.39, 0.29) is 11.7 Å². The second-order valence-electron chi connectivity index (χ2n) is 5.78. The number of amides is 1. The van der Waals surface area contributed by atoms with Gasteiger partial charge in [0.2, 0.25) is 5.91 Å². The number of nitrogens with two attached hydrogens (primary N) is 1. The quantitative estimate of drug-likeness (QED) is 0.849. The molecule has 1 aliphatic heterocycles. The van der Waals surface area contributed by atoms with Gasteiger partial charge < -0.3 is 20.6 Å². The zero-order chi connectivity index (χ0) is 16.2. The Hall–Kier alpha value is -2.69. The van der Waals surface area contributed by atoms with Crippen LogP contribution in [-0.2, 0) is 11.2 Å². The maximum Gasteiger partial charge on any atom is 0.227 e. The largest absolute Gasteiger partial charge is 0.506 e. The number of piperazine rings is 1. The van der Waals surface area contributed by atoms with Crippen LogP contribution in [0.3, 0.4) is 0 Å². The lowest BCUT2D eigenvalue weighted by molar-refractivity contribution is -0.130. The van der Waals surface area contributed by atoms with Crippen LogP contribution < -0.4 is 10.6 Å². The Labute approximate surface area is 135 Å². The average Bonchev–Trinajstić information content (AvgIpc) is 2.55. The fraction of sp³-hybridized carbons (Fsp3) is 0.278. The number of aromatic hydroxyl groups is 1. The average molecular weight is 311 g/mol. The molecule has 1 amide bonds. The number of carbonyl (C=O) groups excluding carboxylic acids is 1. The second kappa shape index (κ2) is 6.60. The molecule has 1 heterocycles. The summed E-state index contributed by atoms with van der Waals surface area (Å²) in [4.78, 5) is 16.4. The number of para-hydroxylation sites is 2. The SMILES string of the molecule is Nc1cccc(CC(=O)N2CCN(c3ccccc3O)CC2)c1. The molecule has 2 aromatic rings. The molecule has 5 heteroatoms. The first-order valence-corrected chi connectivity index (χ1v) is 7.78. The first kappa shape index (κ1) is 15.2. The molecule has 0 bridgehead atoms. The highest BCUT2D eigenvalue weighted by atomic mass is 16.3. The summed E-state index contributed by atoms with van der Waals surface area (Å²) in [6, 6.07) is 14.8. The van der Waals surface area contributed by atoms with Gasteiger partial charge >= 0.3 is 0 Å². The number of phenols is 1. The van der Waals surface area contributed by atoms with E-state index in [0.717, 1.165) is 24.3 Å². The summed E-state index contributed by atoms with van der Waals surface area (Å²) in [6.45, 7) is 2.77. The molecule has 5 nitrogen and oxygen atoms in total. The Kier molecular flexibility index (Phi) is 4.37. The zero-order valence-electron chi connectivity index (χ0n) is 13.0. The summed E-state index contributed by atoms with van der Waals surface area (Å²) in [5, 5.41) is 9.92. The van der Waals surface area contributed by atoms with Gasteiger partial charge in [-0.3, -0.25) is 4.79 Å².